The number of nitriles is 1. The van der Waals surface area contributed by atoms with E-state index in [1.807, 2.05) is 18.0 Å². The predicted octanol–water partition coefficient (Wildman–Crippen LogP) is -0.448. The minimum Gasteiger partial charge on any atom is -1.00 e. The minimum atomic E-state index is 0. The fraction of sp³-hybridized carbons (Fsp3) is 0.583. The van der Waals surface area contributed by atoms with Gasteiger partial charge in [-0.2, -0.15) is 5.26 Å². The molecule has 4 nitrogen and oxygen atoms in total. The number of alkyl halides is 1. The van der Waals surface area contributed by atoms with Gasteiger partial charge in [0.15, 0.2) is 10.1 Å². The van der Waals surface area contributed by atoms with Gasteiger partial charge in [-0.15, -0.1) is 0 Å². The lowest BCUT2D eigenvalue weighted by atomic mass is 9.94. The van der Waals surface area contributed by atoms with Gasteiger partial charge in [0, 0.05) is 9.17 Å². The average molecular weight is 532 g/mol. The predicted molar refractivity (Wildman–Crippen MR) is 85.7 cm³/mol. The van der Waals surface area contributed by atoms with Gasteiger partial charge in [-0.1, -0.05) is 57.5 Å². The zero-order chi connectivity index (χ0) is 13.6. The molecule has 0 saturated heterocycles. The number of rotatable bonds is 1. The SMILES string of the molecule is CSc1nc(N)[n+]2c(c1C#N)S[C@H]1CCC[C@H](I)[C@H]12.[I-]. The zero-order valence-electron chi connectivity index (χ0n) is 10.8. The fourth-order valence-corrected chi connectivity index (χ4v) is 6.62. The Morgan fingerprint density at radius 2 is 2.30 bits per heavy atom. The second kappa shape index (κ2) is 6.75. The highest BCUT2D eigenvalue weighted by molar-refractivity contribution is 14.1. The summed E-state index contributed by atoms with van der Waals surface area (Å²) >= 11 is 5.84. The van der Waals surface area contributed by atoms with Gasteiger partial charge in [0.25, 0.3) is 0 Å². The van der Waals surface area contributed by atoms with Gasteiger partial charge in [-0.05, 0) is 19.1 Å². The average Bonchev–Trinajstić information content (AvgIpc) is 2.79. The van der Waals surface area contributed by atoms with E-state index in [0.717, 1.165) is 10.1 Å². The molecule has 1 fully saturated rings. The molecule has 0 bridgehead atoms. The van der Waals surface area contributed by atoms with Crippen LogP contribution < -0.4 is 34.3 Å². The molecule has 1 aliphatic carbocycles. The van der Waals surface area contributed by atoms with Gasteiger partial charge in [0.05, 0.1) is 0 Å². The van der Waals surface area contributed by atoms with E-state index in [2.05, 4.69) is 38.2 Å². The van der Waals surface area contributed by atoms with Crippen molar-refractivity contribution in [2.45, 2.75) is 44.5 Å². The van der Waals surface area contributed by atoms with Crippen LogP contribution in [0.1, 0.15) is 30.9 Å². The maximum Gasteiger partial charge on any atom is 0.391 e. The number of hydrogen-bond acceptors (Lipinski definition) is 5. The van der Waals surface area contributed by atoms with Gasteiger partial charge in [-0.25, -0.2) is 4.57 Å². The molecular formula is C12H14I2N4S2. The molecule has 3 rings (SSSR count). The Balaban J connectivity index is 0.00000147. The minimum absolute atomic E-state index is 0. The largest absolute Gasteiger partial charge is 1.00 e. The smallest absolute Gasteiger partial charge is 0.391 e. The van der Waals surface area contributed by atoms with E-state index in [0.29, 0.717) is 26.7 Å². The van der Waals surface area contributed by atoms with E-state index in [9.17, 15) is 5.26 Å². The van der Waals surface area contributed by atoms with E-state index >= 15 is 0 Å². The van der Waals surface area contributed by atoms with Gasteiger partial charge in [0.2, 0.25) is 0 Å². The van der Waals surface area contributed by atoms with Crippen LogP contribution in [-0.2, 0) is 0 Å². The van der Waals surface area contributed by atoms with E-state index in [1.54, 1.807) is 0 Å². The molecule has 0 unspecified atom stereocenters. The first-order valence-electron chi connectivity index (χ1n) is 6.17. The van der Waals surface area contributed by atoms with Crippen LogP contribution in [0.4, 0.5) is 5.95 Å². The van der Waals surface area contributed by atoms with Gasteiger partial charge < -0.3 is 24.0 Å². The molecule has 0 aromatic carbocycles. The number of nitrogens with two attached hydrogens (primary N) is 1. The van der Waals surface area contributed by atoms with Crippen molar-refractivity contribution in [2.24, 2.45) is 0 Å². The second-order valence-corrected chi connectivity index (χ2v) is 8.36. The molecule has 2 aliphatic rings. The lowest BCUT2D eigenvalue weighted by Gasteiger charge is -2.28. The number of nitrogens with zero attached hydrogens (tertiary/aromatic N) is 3. The number of aromatic nitrogens is 2. The Bertz CT molecular complexity index is 576. The van der Waals surface area contributed by atoms with E-state index in [-0.39, 0.29) is 24.0 Å². The normalized spacial score (nSPS) is 27.1. The van der Waals surface area contributed by atoms with E-state index < -0.39 is 0 Å². The standard InChI is InChI=1S/C12H13IN4S2.HI/c1-18-10-6(5-14)11-17(12(15)16-10)9-7(13)3-2-4-8(9)19-11;/h7-9,15H,2-4H2,1H3;1H/t7-,8-,9+;/m0./s1. The summed E-state index contributed by atoms with van der Waals surface area (Å²) in [7, 11) is 0. The molecule has 0 spiro atoms. The van der Waals surface area contributed by atoms with Crippen LogP contribution in [-0.4, -0.2) is 20.4 Å². The number of anilines is 1. The summed E-state index contributed by atoms with van der Waals surface area (Å²) in [5, 5.41) is 11.8. The summed E-state index contributed by atoms with van der Waals surface area (Å²) in [6.07, 6.45) is 5.63. The monoisotopic (exact) mass is 532 g/mol. The van der Waals surface area contributed by atoms with Crippen LogP contribution in [0.5, 0.6) is 0 Å². The van der Waals surface area contributed by atoms with Gasteiger partial charge >= 0.3 is 5.95 Å². The van der Waals surface area contributed by atoms with Crippen LogP contribution in [0, 0.1) is 11.3 Å². The third-order valence-electron chi connectivity index (χ3n) is 3.70. The van der Waals surface area contributed by atoms with E-state index in [1.165, 1.54) is 31.0 Å². The van der Waals surface area contributed by atoms with Crippen molar-refractivity contribution < 1.29 is 28.5 Å². The Hall–Kier alpha value is 0.530. The highest BCUT2D eigenvalue weighted by Gasteiger charge is 2.46. The van der Waals surface area contributed by atoms with Crippen LogP contribution >= 0.6 is 46.1 Å². The Morgan fingerprint density at radius 3 is 2.95 bits per heavy atom. The molecule has 108 valence electrons. The molecule has 1 aromatic rings. The van der Waals surface area contributed by atoms with Crippen LogP contribution in [0.15, 0.2) is 10.1 Å². The molecule has 20 heavy (non-hydrogen) atoms. The third kappa shape index (κ3) is 2.63. The number of nitrogen functional groups attached to an aromatic ring is 1. The topological polar surface area (TPSA) is 66.6 Å². The molecule has 1 saturated carbocycles. The van der Waals surface area contributed by atoms with Crippen molar-refractivity contribution in [1.82, 2.24) is 4.98 Å². The van der Waals surface area contributed by atoms with Crippen molar-refractivity contribution in [3.05, 3.63) is 5.56 Å². The highest BCUT2D eigenvalue weighted by atomic mass is 127. The molecule has 0 radical (unpaired) electrons. The van der Waals surface area contributed by atoms with Crippen molar-refractivity contribution in [3.63, 3.8) is 0 Å². The van der Waals surface area contributed by atoms with Crippen molar-refractivity contribution >= 4 is 52.1 Å². The Kier molecular flexibility index (Phi) is 5.70. The quantitative estimate of drug-likeness (QED) is 0.175. The van der Waals surface area contributed by atoms with Crippen molar-refractivity contribution in [3.8, 4) is 6.07 Å². The van der Waals surface area contributed by atoms with Gasteiger partial charge in [-0.3, -0.25) is 5.73 Å². The first-order chi connectivity index (χ1) is 9.17. The summed E-state index contributed by atoms with van der Waals surface area (Å²) < 4.78 is 2.69. The van der Waals surface area contributed by atoms with Crippen LogP contribution in [0.3, 0.4) is 0 Å². The maximum atomic E-state index is 9.43. The summed E-state index contributed by atoms with van der Waals surface area (Å²) in [6.45, 7) is 0. The number of hydrogen-bond donors (Lipinski definition) is 1. The fourth-order valence-electron chi connectivity index (χ4n) is 2.87. The molecular weight excluding hydrogens is 518 g/mol. The van der Waals surface area contributed by atoms with E-state index in [4.69, 9.17) is 5.73 Å². The molecule has 0 amide bonds. The molecule has 3 atom stereocenters. The molecule has 8 heteroatoms. The molecule has 1 aromatic heterocycles. The highest BCUT2D eigenvalue weighted by Crippen LogP contribution is 2.47. The molecule has 1 aliphatic heterocycles. The summed E-state index contributed by atoms with van der Waals surface area (Å²) in [5.74, 6) is 0.557. The Labute approximate surface area is 157 Å². The number of thioether (sulfide) groups is 2. The third-order valence-corrected chi connectivity index (χ3v) is 7.18. The lowest BCUT2D eigenvalue weighted by Crippen LogP contribution is -3.00. The summed E-state index contributed by atoms with van der Waals surface area (Å²) in [6, 6.07) is 2.71. The van der Waals surface area contributed by atoms with Gasteiger partial charge in [0.1, 0.15) is 17.7 Å². The summed E-state index contributed by atoms with van der Waals surface area (Å²) in [4.78, 5) is 4.42. The van der Waals surface area contributed by atoms with Crippen LogP contribution in [0.2, 0.25) is 0 Å². The second-order valence-electron chi connectivity index (χ2n) is 4.74. The lowest BCUT2D eigenvalue weighted by molar-refractivity contribution is -0.739. The number of fused-ring (bicyclic) bond motifs is 3. The maximum absolute atomic E-state index is 9.43. The summed E-state index contributed by atoms with van der Waals surface area (Å²) in [5.41, 5.74) is 6.85. The Morgan fingerprint density at radius 1 is 1.55 bits per heavy atom. The molecule has 2 heterocycles. The zero-order valence-corrected chi connectivity index (χ0v) is 16.8. The first kappa shape index (κ1) is 16.9. The van der Waals surface area contributed by atoms with Crippen LogP contribution in [0.25, 0.3) is 0 Å². The van der Waals surface area contributed by atoms with Crippen molar-refractivity contribution in [1.29, 1.82) is 5.26 Å². The van der Waals surface area contributed by atoms with Crippen molar-refractivity contribution in [2.75, 3.05) is 12.0 Å². The first-order valence-corrected chi connectivity index (χ1v) is 9.52. The number of halogens is 2. The molecule has 2 N–H and O–H groups in total.